The molecule has 0 unspecified atom stereocenters. The van der Waals surface area contributed by atoms with Gasteiger partial charge in [-0.05, 0) is 88.2 Å². The zero-order chi connectivity index (χ0) is 27.4. The van der Waals surface area contributed by atoms with Crippen LogP contribution in [0.4, 0.5) is 9.18 Å². The van der Waals surface area contributed by atoms with Crippen molar-refractivity contribution in [2.75, 3.05) is 13.1 Å². The molecule has 9 heteroatoms. The predicted molar refractivity (Wildman–Crippen MR) is 143 cm³/mol. The Labute approximate surface area is 219 Å². The summed E-state index contributed by atoms with van der Waals surface area (Å²) in [5, 5.41) is 0.510. The predicted octanol–water partition coefficient (Wildman–Crippen LogP) is 5.54. The maximum Gasteiger partial charge on any atom is 0.410 e. The van der Waals surface area contributed by atoms with Gasteiger partial charge in [0.05, 0.1) is 16.6 Å². The monoisotopic (exact) mass is 518 g/mol. The van der Waals surface area contributed by atoms with Crippen LogP contribution in [0.25, 0.3) is 27.5 Å². The Balaban J connectivity index is 1.46. The van der Waals surface area contributed by atoms with E-state index in [1.807, 2.05) is 40.1 Å². The zero-order valence-electron chi connectivity index (χ0n) is 22.2. The van der Waals surface area contributed by atoms with Crippen molar-refractivity contribution in [1.29, 1.82) is 0 Å². The van der Waals surface area contributed by atoms with Crippen LogP contribution in [0, 0.1) is 12.7 Å². The highest BCUT2D eigenvalue weighted by atomic mass is 19.1. The van der Waals surface area contributed by atoms with Crippen molar-refractivity contribution in [3.8, 4) is 11.1 Å². The Morgan fingerprint density at radius 1 is 1.08 bits per heavy atom. The molecule has 4 heterocycles. The number of imidazole rings is 1. The molecular weight excluding hydrogens is 487 g/mol. The number of carbonyl (C=O) groups excluding carboxylic acids is 2. The lowest BCUT2D eigenvalue weighted by molar-refractivity contribution is 0.0187. The number of fused-ring (bicyclic) bond motifs is 2. The lowest BCUT2D eigenvalue weighted by atomic mass is 10.00. The summed E-state index contributed by atoms with van der Waals surface area (Å²) in [6, 6.07) is 6.42. The Bertz CT molecular complexity index is 1640. The first kappa shape index (κ1) is 25.6. The van der Waals surface area contributed by atoms with Crippen molar-refractivity contribution in [1.82, 2.24) is 18.9 Å². The summed E-state index contributed by atoms with van der Waals surface area (Å²) in [7, 11) is 0. The first-order valence-electron chi connectivity index (χ1n) is 12.7. The average molecular weight is 519 g/mol. The number of aryl methyl sites for hydroxylation is 1. The van der Waals surface area contributed by atoms with Gasteiger partial charge >= 0.3 is 6.09 Å². The van der Waals surface area contributed by atoms with Gasteiger partial charge in [0.25, 0.3) is 5.56 Å². The van der Waals surface area contributed by atoms with Crippen LogP contribution in [0.3, 0.4) is 0 Å². The quantitative estimate of drug-likeness (QED) is 0.333. The van der Waals surface area contributed by atoms with Crippen molar-refractivity contribution < 1.29 is 18.7 Å². The largest absolute Gasteiger partial charge is 0.444 e. The molecule has 5 rings (SSSR count). The van der Waals surface area contributed by atoms with Gasteiger partial charge in [-0.15, -0.1) is 0 Å². The summed E-state index contributed by atoms with van der Waals surface area (Å²) in [5.74, 6) is -0.751. The highest BCUT2D eigenvalue weighted by Crippen LogP contribution is 2.29. The number of hydrogen-bond acceptors (Lipinski definition) is 5. The summed E-state index contributed by atoms with van der Waals surface area (Å²) >= 11 is 0. The highest BCUT2D eigenvalue weighted by Gasteiger charge is 2.28. The molecule has 1 aromatic carbocycles. The number of aromatic nitrogens is 3. The average Bonchev–Trinajstić information content (AvgIpc) is 3.22. The van der Waals surface area contributed by atoms with Crippen molar-refractivity contribution in [3.63, 3.8) is 0 Å². The van der Waals surface area contributed by atoms with Crippen molar-refractivity contribution in [3.05, 3.63) is 70.3 Å². The smallest absolute Gasteiger partial charge is 0.410 e. The number of Topliss-reactive ketones (excluding diaryl/α,β-unsaturated/α-hetero) is 1. The molecule has 0 aliphatic carbocycles. The van der Waals surface area contributed by atoms with E-state index in [9.17, 15) is 14.4 Å². The van der Waals surface area contributed by atoms with Crippen LogP contribution in [-0.2, 0) is 4.74 Å². The summed E-state index contributed by atoms with van der Waals surface area (Å²) in [6.45, 7) is 9.71. The standard InChI is InChI=1S/C29H31FN4O4/c1-17-15-33-16-21(13-23(18(2)35)26(33)31-17)20-12-19-6-11-34(27(36)25(19)24(30)14-20)22-7-9-32(10-8-22)28(37)38-29(3,4)5/h6,11-16,22H,7-10H2,1-5H3. The fraction of sp³-hybridized carbons (Fsp3) is 0.379. The van der Waals surface area contributed by atoms with E-state index < -0.39 is 17.0 Å². The molecule has 3 aromatic heterocycles. The zero-order valence-corrected chi connectivity index (χ0v) is 22.2. The first-order valence-corrected chi connectivity index (χ1v) is 12.7. The molecule has 0 saturated carbocycles. The third-order valence-corrected chi connectivity index (χ3v) is 6.88. The SMILES string of the molecule is CC(=O)c1cc(-c2cc(F)c3c(=O)n(C4CCN(C(=O)OC(C)(C)C)CC4)ccc3c2)cn2cc(C)nc12. The van der Waals surface area contributed by atoms with Gasteiger partial charge in [-0.25, -0.2) is 14.2 Å². The van der Waals surface area contributed by atoms with Crippen LogP contribution in [0.1, 0.15) is 62.6 Å². The third-order valence-electron chi connectivity index (χ3n) is 6.88. The van der Waals surface area contributed by atoms with Gasteiger partial charge in [-0.3, -0.25) is 9.59 Å². The lowest BCUT2D eigenvalue weighted by Crippen LogP contribution is -2.43. The maximum atomic E-state index is 15.5. The number of halogens is 1. The Hall–Kier alpha value is -4.01. The van der Waals surface area contributed by atoms with Gasteiger partial charge in [0.2, 0.25) is 0 Å². The fourth-order valence-corrected chi connectivity index (χ4v) is 5.09. The minimum absolute atomic E-state index is 0.0252. The second-order valence-corrected chi connectivity index (χ2v) is 11.0. The molecular formula is C29H31FN4O4. The molecule has 1 saturated heterocycles. The Kier molecular flexibility index (Phi) is 6.33. The number of carbonyl (C=O) groups is 2. The molecule has 1 amide bonds. The fourth-order valence-electron chi connectivity index (χ4n) is 5.09. The molecule has 4 aromatic rings. The number of likely N-dealkylation sites (tertiary alicyclic amines) is 1. The number of ether oxygens (including phenoxy) is 1. The normalized spacial score (nSPS) is 14.8. The van der Waals surface area contributed by atoms with E-state index in [0.717, 1.165) is 5.69 Å². The molecule has 0 N–H and O–H groups in total. The van der Waals surface area contributed by atoms with Crippen LogP contribution in [0.5, 0.6) is 0 Å². The van der Waals surface area contributed by atoms with E-state index in [1.165, 1.54) is 13.0 Å². The van der Waals surface area contributed by atoms with Crippen LogP contribution < -0.4 is 5.56 Å². The molecule has 0 atom stereocenters. The van der Waals surface area contributed by atoms with Crippen molar-refractivity contribution >= 4 is 28.3 Å². The van der Waals surface area contributed by atoms with E-state index in [2.05, 4.69) is 4.98 Å². The van der Waals surface area contributed by atoms with Crippen LogP contribution >= 0.6 is 0 Å². The third kappa shape index (κ3) is 4.80. The minimum Gasteiger partial charge on any atom is -0.444 e. The Morgan fingerprint density at radius 3 is 2.45 bits per heavy atom. The van der Waals surface area contributed by atoms with E-state index in [1.54, 1.807) is 38.3 Å². The van der Waals surface area contributed by atoms with E-state index in [4.69, 9.17) is 4.74 Å². The Morgan fingerprint density at radius 2 is 1.79 bits per heavy atom. The second-order valence-electron chi connectivity index (χ2n) is 11.0. The number of rotatable bonds is 3. The number of amides is 1. The summed E-state index contributed by atoms with van der Waals surface area (Å²) in [5.41, 5.74) is 2.02. The molecule has 8 nitrogen and oxygen atoms in total. The topological polar surface area (TPSA) is 85.9 Å². The van der Waals surface area contributed by atoms with Crippen LogP contribution in [0.2, 0.25) is 0 Å². The van der Waals surface area contributed by atoms with E-state index in [0.29, 0.717) is 53.7 Å². The van der Waals surface area contributed by atoms with Gasteiger partial charge in [0.1, 0.15) is 17.1 Å². The summed E-state index contributed by atoms with van der Waals surface area (Å²) in [6.07, 6.45) is 6.10. The number of hydrogen-bond donors (Lipinski definition) is 0. The number of piperidine rings is 1. The number of nitrogens with zero attached hydrogens (tertiary/aromatic N) is 4. The van der Waals surface area contributed by atoms with Crippen LogP contribution in [-0.4, -0.2) is 49.4 Å². The number of pyridine rings is 2. The highest BCUT2D eigenvalue weighted by molar-refractivity contribution is 6.01. The van der Waals surface area contributed by atoms with Gasteiger partial charge in [0.15, 0.2) is 5.78 Å². The molecule has 198 valence electrons. The van der Waals surface area contributed by atoms with Crippen LogP contribution in [0.15, 0.2) is 47.7 Å². The van der Waals surface area contributed by atoms with Gasteiger partial charge in [-0.1, -0.05) is 0 Å². The molecule has 38 heavy (non-hydrogen) atoms. The number of benzene rings is 1. The van der Waals surface area contributed by atoms with E-state index >= 15 is 4.39 Å². The van der Waals surface area contributed by atoms with Crippen molar-refractivity contribution in [2.45, 2.75) is 59.1 Å². The molecule has 1 aliphatic rings. The van der Waals surface area contributed by atoms with Gasteiger partial charge < -0.3 is 18.6 Å². The van der Waals surface area contributed by atoms with Crippen molar-refractivity contribution in [2.24, 2.45) is 0 Å². The first-order chi connectivity index (χ1) is 17.9. The van der Waals surface area contributed by atoms with Gasteiger partial charge in [0, 0.05) is 37.7 Å². The molecule has 0 spiro atoms. The lowest BCUT2D eigenvalue weighted by Gasteiger charge is -2.34. The van der Waals surface area contributed by atoms with Gasteiger partial charge in [-0.2, -0.15) is 0 Å². The minimum atomic E-state index is -0.616. The summed E-state index contributed by atoms with van der Waals surface area (Å²) < 4.78 is 24.3. The molecule has 1 aliphatic heterocycles. The second kappa shape index (κ2) is 9.38. The maximum absolute atomic E-state index is 15.5. The van der Waals surface area contributed by atoms with E-state index in [-0.39, 0.29) is 23.3 Å². The molecule has 0 bridgehead atoms. The summed E-state index contributed by atoms with van der Waals surface area (Å²) in [4.78, 5) is 44.1. The molecule has 1 fully saturated rings. The molecule has 0 radical (unpaired) electrons. The number of ketones is 1.